The Bertz CT molecular complexity index is 1630. The van der Waals surface area contributed by atoms with E-state index in [4.69, 9.17) is 26.3 Å². The second-order valence-electron chi connectivity index (χ2n) is 11.6. The highest BCUT2D eigenvalue weighted by atomic mass is 35.5. The lowest BCUT2D eigenvalue weighted by Crippen LogP contribution is -2.55. The average molecular weight is 614 g/mol. The number of carbonyl (C=O) groups is 2. The zero-order valence-electron chi connectivity index (χ0n) is 24.9. The molecule has 44 heavy (non-hydrogen) atoms. The lowest BCUT2D eigenvalue weighted by molar-refractivity contribution is -0.128. The Kier molecular flexibility index (Phi) is 8.69. The molecule has 0 aliphatic carbocycles. The van der Waals surface area contributed by atoms with Gasteiger partial charge in [-0.3, -0.25) is 9.59 Å². The van der Waals surface area contributed by atoms with Crippen molar-refractivity contribution in [1.82, 2.24) is 19.8 Å². The Hall–Kier alpha value is -4.20. The summed E-state index contributed by atoms with van der Waals surface area (Å²) in [6.45, 7) is 6.86. The molecule has 1 aromatic heterocycles. The molecule has 11 heteroatoms. The first-order valence-electron chi connectivity index (χ1n) is 15.2. The van der Waals surface area contributed by atoms with E-state index in [1.807, 2.05) is 36.4 Å². The third kappa shape index (κ3) is 5.70. The van der Waals surface area contributed by atoms with Gasteiger partial charge in [0, 0.05) is 43.2 Å². The van der Waals surface area contributed by atoms with Crippen molar-refractivity contribution in [3.8, 4) is 12.1 Å². The number of likely N-dealkylation sites (N-methyl/N-ethyl adjacent to an activating group) is 1. The van der Waals surface area contributed by atoms with Crippen LogP contribution in [-0.2, 0) is 11.2 Å². The van der Waals surface area contributed by atoms with Gasteiger partial charge in [-0.1, -0.05) is 42.4 Å². The van der Waals surface area contributed by atoms with Crippen molar-refractivity contribution < 1.29 is 14.3 Å². The molecule has 0 bridgehead atoms. The molecular weight excluding hydrogens is 578 g/mol. The van der Waals surface area contributed by atoms with E-state index in [0.717, 1.165) is 41.4 Å². The number of amides is 2. The van der Waals surface area contributed by atoms with Crippen LogP contribution >= 0.6 is 11.6 Å². The molecule has 2 fully saturated rings. The maximum absolute atomic E-state index is 14.4. The van der Waals surface area contributed by atoms with E-state index in [1.54, 1.807) is 9.80 Å². The van der Waals surface area contributed by atoms with Gasteiger partial charge in [-0.05, 0) is 62.9 Å². The van der Waals surface area contributed by atoms with Crippen molar-refractivity contribution in [1.29, 1.82) is 5.26 Å². The predicted molar refractivity (Wildman–Crippen MR) is 170 cm³/mol. The summed E-state index contributed by atoms with van der Waals surface area (Å²) >= 11 is 6.67. The van der Waals surface area contributed by atoms with E-state index < -0.39 is 0 Å². The van der Waals surface area contributed by atoms with Gasteiger partial charge >= 0.3 is 6.01 Å². The number of nitrogens with zero attached hydrogens (tertiary/aromatic N) is 7. The number of carbonyl (C=O) groups excluding carboxylic acids is 2. The molecule has 4 heterocycles. The van der Waals surface area contributed by atoms with Crippen LogP contribution in [-0.4, -0.2) is 90.0 Å². The van der Waals surface area contributed by atoms with Crippen LogP contribution in [0.15, 0.2) is 49.1 Å². The van der Waals surface area contributed by atoms with E-state index in [-0.39, 0.29) is 36.3 Å². The molecule has 0 spiro atoms. The molecule has 2 amide bonds. The molecule has 2 aromatic carbocycles. The minimum atomic E-state index is -0.336. The van der Waals surface area contributed by atoms with Crippen molar-refractivity contribution in [2.75, 3.05) is 56.2 Å². The second-order valence-corrected chi connectivity index (χ2v) is 12.0. The smallest absolute Gasteiger partial charge is 0.319 e. The molecule has 228 valence electrons. The zero-order chi connectivity index (χ0) is 30.8. The van der Waals surface area contributed by atoms with Gasteiger partial charge in [-0.15, -0.1) is 0 Å². The quantitative estimate of drug-likeness (QED) is 0.360. The molecule has 2 saturated heterocycles. The highest BCUT2D eigenvalue weighted by molar-refractivity contribution is 6.37. The molecular formula is C33H36ClN7O3. The number of hydrogen-bond acceptors (Lipinski definition) is 8. The number of benzene rings is 2. The first-order chi connectivity index (χ1) is 21.4. The number of halogens is 1. The van der Waals surface area contributed by atoms with Crippen molar-refractivity contribution >= 4 is 45.7 Å². The second kappa shape index (κ2) is 12.8. The topological polar surface area (TPSA) is 106 Å². The van der Waals surface area contributed by atoms with Crippen LogP contribution in [0.1, 0.15) is 41.7 Å². The lowest BCUT2D eigenvalue weighted by atomic mass is 10.1. The number of nitriles is 1. The number of anilines is 2. The minimum Gasteiger partial charge on any atom is -0.462 e. The highest BCUT2D eigenvalue weighted by Crippen LogP contribution is 2.37. The van der Waals surface area contributed by atoms with Crippen LogP contribution < -0.4 is 14.5 Å². The van der Waals surface area contributed by atoms with Crippen LogP contribution in [0.2, 0.25) is 5.02 Å². The standard InChI is InChI=1S/C33H36ClN7O3/c1-3-28(42)40-19-18-39(20-23(40)14-15-35)31-25-11-7-17-41(27-13-5-9-22-8-4-12-26(34)29(22)27)32(43)30(25)36-33(37-31)44-21-24-10-6-16-38(24)2/h3-5,8-9,12-13,23-24H,1,6-7,10-11,14,16-21H2,2H3/t23-,24-/m0/s1. The van der Waals surface area contributed by atoms with Crippen molar-refractivity contribution in [2.45, 2.75) is 44.2 Å². The monoisotopic (exact) mass is 613 g/mol. The van der Waals surface area contributed by atoms with E-state index in [9.17, 15) is 14.9 Å². The van der Waals surface area contributed by atoms with Crippen molar-refractivity contribution in [3.63, 3.8) is 0 Å². The SMILES string of the molecule is C=CC(=O)N1CCN(c2nc(OC[C@@H]3CCCN3C)nc3c2CCCN(c2cccc4cccc(Cl)c24)C3=O)C[C@@H]1CC#N. The molecule has 3 aromatic rings. The minimum absolute atomic E-state index is 0.159. The van der Waals surface area contributed by atoms with Crippen LogP contribution in [0.4, 0.5) is 11.5 Å². The van der Waals surface area contributed by atoms with Gasteiger partial charge in [-0.2, -0.15) is 15.2 Å². The first kappa shape index (κ1) is 29.9. The normalized spacial score (nSPS) is 20.8. The fourth-order valence-electron chi connectivity index (χ4n) is 6.66. The van der Waals surface area contributed by atoms with Gasteiger partial charge in [0.05, 0.1) is 29.2 Å². The summed E-state index contributed by atoms with van der Waals surface area (Å²) in [5, 5.41) is 11.9. The lowest BCUT2D eigenvalue weighted by Gasteiger charge is -2.41. The molecule has 10 nitrogen and oxygen atoms in total. The first-order valence-corrected chi connectivity index (χ1v) is 15.6. The summed E-state index contributed by atoms with van der Waals surface area (Å²) in [4.78, 5) is 44.5. The summed E-state index contributed by atoms with van der Waals surface area (Å²) in [7, 11) is 2.08. The number of hydrogen-bond donors (Lipinski definition) is 0. The van der Waals surface area contributed by atoms with E-state index in [0.29, 0.717) is 62.2 Å². The van der Waals surface area contributed by atoms with Gasteiger partial charge in [0.2, 0.25) is 5.91 Å². The molecule has 0 saturated carbocycles. The highest BCUT2D eigenvalue weighted by Gasteiger charge is 2.35. The third-order valence-electron chi connectivity index (χ3n) is 8.99. The predicted octanol–water partition coefficient (Wildman–Crippen LogP) is 4.47. The molecule has 0 radical (unpaired) electrons. The maximum Gasteiger partial charge on any atom is 0.319 e. The number of likely N-dealkylation sites (tertiary alicyclic amines) is 1. The summed E-state index contributed by atoms with van der Waals surface area (Å²) in [6, 6.07) is 13.9. The molecule has 3 aliphatic heterocycles. The Balaban J connectivity index is 1.40. The van der Waals surface area contributed by atoms with Gasteiger partial charge in [0.15, 0.2) is 0 Å². The summed E-state index contributed by atoms with van der Waals surface area (Å²) < 4.78 is 6.22. The Morgan fingerprint density at radius 2 is 1.95 bits per heavy atom. The van der Waals surface area contributed by atoms with Gasteiger partial charge in [0.1, 0.15) is 18.1 Å². The number of fused-ring (bicyclic) bond motifs is 2. The summed E-state index contributed by atoms with van der Waals surface area (Å²) in [5.41, 5.74) is 1.81. The van der Waals surface area contributed by atoms with E-state index >= 15 is 0 Å². The number of piperazine rings is 1. The number of ether oxygens (including phenoxy) is 1. The Morgan fingerprint density at radius 3 is 2.70 bits per heavy atom. The molecule has 0 unspecified atom stereocenters. The van der Waals surface area contributed by atoms with Gasteiger partial charge in [-0.25, -0.2) is 0 Å². The molecule has 2 atom stereocenters. The molecule has 6 rings (SSSR count). The fraction of sp³-hybridized carbons (Fsp3) is 0.424. The third-order valence-corrected chi connectivity index (χ3v) is 9.30. The van der Waals surface area contributed by atoms with Crippen molar-refractivity contribution in [3.05, 3.63) is 65.3 Å². The Morgan fingerprint density at radius 1 is 1.14 bits per heavy atom. The van der Waals surface area contributed by atoms with E-state index in [2.05, 4.69) is 29.5 Å². The Labute approximate surface area is 262 Å². The van der Waals surface area contributed by atoms with Gasteiger partial charge in [0.25, 0.3) is 5.91 Å². The van der Waals surface area contributed by atoms with Crippen LogP contribution in [0.25, 0.3) is 10.8 Å². The fourth-order valence-corrected chi connectivity index (χ4v) is 6.93. The maximum atomic E-state index is 14.4. The molecule has 0 N–H and O–H groups in total. The molecule has 3 aliphatic rings. The largest absolute Gasteiger partial charge is 0.462 e. The summed E-state index contributed by atoms with van der Waals surface area (Å²) in [5.74, 6) is 0.200. The van der Waals surface area contributed by atoms with E-state index in [1.165, 1.54) is 6.08 Å². The number of aromatic nitrogens is 2. The average Bonchev–Trinajstić information content (AvgIpc) is 3.38. The van der Waals surface area contributed by atoms with Gasteiger partial charge < -0.3 is 24.3 Å². The van der Waals surface area contributed by atoms with Crippen LogP contribution in [0.5, 0.6) is 6.01 Å². The summed E-state index contributed by atoms with van der Waals surface area (Å²) in [6.07, 6.45) is 4.88. The zero-order valence-corrected chi connectivity index (χ0v) is 25.7. The number of rotatable bonds is 7. The van der Waals surface area contributed by atoms with Crippen LogP contribution in [0, 0.1) is 11.3 Å². The van der Waals surface area contributed by atoms with Crippen molar-refractivity contribution in [2.24, 2.45) is 0 Å². The van der Waals surface area contributed by atoms with Crippen LogP contribution in [0.3, 0.4) is 0 Å².